The number of nitrogens with zero attached hydrogens (tertiary/aromatic N) is 2. The summed E-state index contributed by atoms with van der Waals surface area (Å²) in [7, 11) is 0. The van der Waals surface area contributed by atoms with Crippen LogP contribution in [0.25, 0.3) is 0 Å². The topological polar surface area (TPSA) is 77.9 Å². The molecule has 0 atom stereocenters. The fourth-order valence-electron chi connectivity index (χ4n) is 1.27. The monoisotopic (exact) mass is 236 g/mol. The number of hydrogen-bond acceptors (Lipinski definition) is 5. The van der Waals surface area contributed by atoms with Gasteiger partial charge in [0.2, 0.25) is 0 Å². The second-order valence-corrected chi connectivity index (χ2v) is 4.44. The van der Waals surface area contributed by atoms with Crippen LogP contribution < -0.4 is 15.9 Å². The molecule has 0 radical (unpaired) electrons. The zero-order chi connectivity index (χ0) is 11.5. The Bertz CT molecular complexity index is 484. The molecule has 16 heavy (non-hydrogen) atoms. The summed E-state index contributed by atoms with van der Waals surface area (Å²) in [6.07, 6.45) is 0. The summed E-state index contributed by atoms with van der Waals surface area (Å²) in [5.41, 5.74) is 6.32. The van der Waals surface area contributed by atoms with Crippen LogP contribution in [0.5, 0.6) is 0 Å². The Hall–Kier alpha value is -1.82. The zero-order valence-electron chi connectivity index (χ0n) is 8.80. The smallest absolute Gasteiger partial charge is 0.299 e. The average molecular weight is 236 g/mol. The van der Waals surface area contributed by atoms with Gasteiger partial charge in [-0.15, -0.1) is 16.2 Å². The van der Waals surface area contributed by atoms with Gasteiger partial charge < -0.3 is 10.9 Å². The van der Waals surface area contributed by atoms with E-state index in [0.29, 0.717) is 17.2 Å². The molecule has 5 nitrogen and oxygen atoms in total. The van der Waals surface area contributed by atoms with Gasteiger partial charge in [-0.3, -0.25) is 5.32 Å². The number of aryl methyl sites for hydroxylation is 1. The van der Waals surface area contributed by atoms with E-state index in [1.807, 2.05) is 24.4 Å². The molecule has 0 aliphatic heterocycles. The highest BCUT2D eigenvalue weighted by Crippen LogP contribution is 2.12. The molecule has 0 saturated heterocycles. The molecule has 2 heterocycles. The molecule has 2 aromatic heterocycles. The normalized spacial score (nSPS) is 10.3. The quantitative estimate of drug-likeness (QED) is 0.621. The van der Waals surface area contributed by atoms with Gasteiger partial charge in [0, 0.05) is 16.5 Å². The maximum atomic E-state index is 11.4. The van der Waals surface area contributed by atoms with Crippen molar-refractivity contribution in [1.29, 1.82) is 0 Å². The lowest BCUT2D eigenvalue weighted by molar-refractivity contribution is -0.653. The predicted octanol–water partition coefficient (Wildman–Crippen LogP) is 1.28. The highest BCUT2D eigenvalue weighted by Gasteiger charge is 2.08. The minimum Gasteiger partial charge on any atom is -0.691 e. The molecule has 0 bridgehead atoms. The van der Waals surface area contributed by atoms with Crippen molar-refractivity contribution in [2.75, 3.05) is 11.1 Å². The fraction of sp³-hybridized carbons (Fsp3) is 0.200. The van der Waals surface area contributed by atoms with Crippen LogP contribution >= 0.6 is 11.3 Å². The number of nitrogens with one attached hydrogen (secondary N) is 1. The highest BCUT2D eigenvalue weighted by atomic mass is 32.1. The highest BCUT2D eigenvalue weighted by molar-refractivity contribution is 7.09. The van der Waals surface area contributed by atoms with Crippen LogP contribution in [0.15, 0.2) is 23.6 Å². The third-order valence-corrected chi connectivity index (χ3v) is 3.06. The summed E-state index contributed by atoms with van der Waals surface area (Å²) in [6, 6.07) is 5.67. The van der Waals surface area contributed by atoms with Gasteiger partial charge in [0.1, 0.15) is 6.54 Å². The number of anilines is 2. The van der Waals surface area contributed by atoms with E-state index in [0.717, 1.165) is 10.4 Å². The molecule has 0 aromatic carbocycles. The number of thiophene rings is 1. The minimum absolute atomic E-state index is 0.261. The molecule has 6 heteroatoms. The van der Waals surface area contributed by atoms with Crippen LogP contribution in [0.2, 0.25) is 0 Å². The van der Waals surface area contributed by atoms with Crippen molar-refractivity contribution in [2.24, 2.45) is 0 Å². The summed E-state index contributed by atoms with van der Waals surface area (Å²) < 4.78 is 0. The first-order valence-electron chi connectivity index (χ1n) is 4.80. The third-order valence-electron chi connectivity index (χ3n) is 2.19. The maximum absolute atomic E-state index is 11.4. The van der Waals surface area contributed by atoms with E-state index < -0.39 is 0 Å². The van der Waals surface area contributed by atoms with Crippen molar-refractivity contribution in [3.05, 3.63) is 39.2 Å². The minimum atomic E-state index is 0.261. The zero-order valence-corrected chi connectivity index (χ0v) is 9.62. The Labute approximate surface area is 97.1 Å². The fourth-order valence-corrected chi connectivity index (χ4v) is 1.92. The van der Waals surface area contributed by atoms with E-state index in [4.69, 9.17) is 5.73 Å². The predicted molar refractivity (Wildman–Crippen MR) is 64.0 cm³/mol. The van der Waals surface area contributed by atoms with E-state index in [1.54, 1.807) is 17.4 Å². The second kappa shape index (κ2) is 4.36. The van der Waals surface area contributed by atoms with Gasteiger partial charge in [-0.25, -0.2) is 0 Å². The standard InChI is InChI=1S/C10H12N4OS/c1-7-5-9(14(15)13-10(7)11)12-6-8-3-2-4-16-8/h2-5,12H,6H2,1H3,(H2,11,13). The van der Waals surface area contributed by atoms with Crippen LogP contribution in [0.4, 0.5) is 11.6 Å². The number of rotatable bonds is 3. The lowest BCUT2D eigenvalue weighted by Crippen LogP contribution is -2.36. The van der Waals surface area contributed by atoms with Gasteiger partial charge in [0.25, 0.3) is 5.82 Å². The van der Waals surface area contributed by atoms with Crippen molar-refractivity contribution < 1.29 is 4.85 Å². The lowest BCUT2D eigenvalue weighted by Gasteiger charge is -2.08. The summed E-state index contributed by atoms with van der Waals surface area (Å²) in [6.45, 7) is 2.43. The van der Waals surface area contributed by atoms with E-state index in [-0.39, 0.29) is 5.82 Å². The third kappa shape index (κ3) is 2.22. The molecule has 0 saturated carbocycles. The Balaban J connectivity index is 2.12. The molecular weight excluding hydrogens is 224 g/mol. The van der Waals surface area contributed by atoms with Crippen molar-refractivity contribution in [1.82, 2.24) is 5.10 Å². The van der Waals surface area contributed by atoms with E-state index in [2.05, 4.69) is 10.4 Å². The largest absolute Gasteiger partial charge is 0.691 e. The first-order valence-corrected chi connectivity index (χ1v) is 5.68. The summed E-state index contributed by atoms with van der Waals surface area (Å²) in [4.78, 5) is 1.67. The molecule has 0 amide bonds. The van der Waals surface area contributed by atoms with Gasteiger partial charge >= 0.3 is 0 Å². The van der Waals surface area contributed by atoms with Crippen LogP contribution in [0.3, 0.4) is 0 Å². The van der Waals surface area contributed by atoms with E-state index in [9.17, 15) is 5.21 Å². The van der Waals surface area contributed by atoms with Gasteiger partial charge in [0.05, 0.1) is 0 Å². The molecule has 2 rings (SSSR count). The van der Waals surface area contributed by atoms with Crippen molar-refractivity contribution in [3.8, 4) is 0 Å². The molecule has 0 unspecified atom stereocenters. The Morgan fingerprint density at radius 2 is 2.44 bits per heavy atom. The first-order chi connectivity index (χ1) is 7.66. The number of aromatic nitrogens is 2. The first kappa shape index (κ1) is 10.7. The van der Waals surface area contributed by atoms with Crippen molar-refractivity contribution in [3.63, 3.8) is 0 Å². The van der Waals surface area contributed by atoms with Crippen molar-refractivity contribution in [2.45, 2.75) is 13.5 Å². The summed E-state index contributed by atoms with van der Waals surface area (Å²) >= 11 is 1.64. The second-order valence-electron chi connectivity index (χ2n) is 3.40. The average Bonchev–Trinajstić information content (AvgIpc) is 2.74. The SMILES string of the molecule is Cc1cc(NCc2cccs2)[n+]([O-])nc1N. The van der Waals surface area contributed by atoms with Crippen LogP contribution in [0, 0.1) is 12.1 Å². The Kier molecular flexibility index (Phi) is 2.91. The summed E-state index contributed by atoms with van der Waals surface area (Å²) in [5, 5.41) is 20.1. The summed E-state index contributed by atoms with van der Waals surface area (Å²) in [5.74, 6) is 0.678. The van der Waals surface area contributed by atoms with Gasteiger partial charge in [-0.1, -0.05) is 11.2 Å². The van der Waals surface area contributed by atoms with Gasteiger partial charge in [-0.2, -0.15) is 0 Å². The number of nitrogen functional groups attached to an aromatic ring is 1. The Morgan fingerprint density at radius 1 is 1.62 bits per heavy atom. The maximum Gasteiger partial charge on any atom is 0.299 e. The van der Waals surface area contributed by atoms with Crippen LogP contribution in [0.1, 0.15) is 10.4 Å². The number of nitrogens with two attached hydrogens (primary N) is 1. The van der Waals surface area contributed by atoms with E-state index in [1.165, 1.54) is 0 Å². The van der Waals surface area contributed by atoms with Gasteiger partial charge in [-0.05, 0) is 18.4 Å². The van der Waals surface area contributed by atoms with Gasteiger partial charge in [0.15, 0.2) is 5.82 Å². The molecular formula is C10H12N4OS. The molecule has 0 spiro atoms. The lowest BCUT2D eigenvalue weighted by atomic mass is 10.3. The van der Waals surface area contributed by atoms with Crippen molar-refractivity contribution >= 4 is 23.0 Å². The Morgan fingerprint density at radius 3 is 3.12 bits per heavy atom. The number of hydrogen-bond donors (Lipinski definition) is 2. The van der Waals surface area contributed by atoms with E-state index >= 15 is 0 Å². The molecule has 0 aliphatic carbocycles. The molecule has 0 fully saturated rings. The van der Waals surface area contributed by atoms with Crippen LogP contribution in [-0.4, -0.2) is 5.10 Å². The molecule has 84 valence electrons. The molecule has 0 aliphatic rings. The molecule has 3 N–H and O–H groups in total. The van der Waals surface area contributed by atoms with Crippen LogP contribution in [-0.2, 0) is 6.54 Å². The molecule has 2 aromatic rings.